The van der Waals surface area contributed by atoms with Crippen LogP contribution in [-0.4, -0.2) is 22.9 Å². The Hall–Kier alpha value is -1.91. The quantitative estimate of drug-likeness (QED) is 0.106. The van der Waals surface area contributed by atoms with E-state index in [1.165, 1.54) is 51.0 Å². The van der Waals surface area contributed by atoms with Crippen molar-refractivity contribution in [2.45, 2.75) is 64.2 Å². The molecule has 0 aliphatic heterocycles. The van der Waals surface area contributed by atoms with E-state index in [-0.39, 0.29) is 0 Å². The summed E-state index contributed by atoms with van der Waals surface area (Å²) in [6.45, 7) is 0.461. The third kappa shape index (κ3) is 22.1. The van der Waals surface area contributed by atoms with Gasteiger partial charge in [0.05, 0.1) is 6.61 Å². The molecule has 4 nitrogen and oxygen atoms in total. The Kier molecular flexibility index (Phi) is 19.6. The van der Waals surface area contributed by atoms with Gasteiger partial charge in [-0.25, -0.2) is 9.68 Å². The third-order valence-electron chi connectivity index (χ3n) is 3.76. The number of allylic oxidation sites excluding steroid dienone is 9. The van der Waals surface area contributed by atoms with Gasteiger partial charge in [0.1, 0.15) is 0 Å². The Morgan fingerprint density at radius 3 is 1.65 bits per heavy atom. The summed E-state index contributed by atoms with van der Waals surface area (Å²) < 4.78 is 0. The highest BCUT2D eigenvalue weighted by Gasteiger charge is 1.92. The van der Waals surface area contributed by atoms with Crippen LogP contribution in [0.4, 0.5) is 0 Å². The van der Waals surface area contributed by atoms with Gasteiger partial charge in [0.25, 0.3) is 0 Å². The highest BCUT2D eigenvalue weighted by Crippen LogP contribution is 2.10. The molecule has 0 saturated heterocycles. The zero-order valence-electron chi connectivity index (χ0n) is 15.8. The van der Waals surface area contributed by atoms with Gasteiger partial charge in [-0.15, -0.1) is 0 Å². The standard InChI is InChI=1S/C22H34O4/c23-22(24)20-18-16-14-12-10-8-6-4-2-1-3-5-7-9-11-13-15-17-19-21-26-25/h2,4,6,8,10,12,14,16,18,20,25H,1,3,5,7,9,11,13,15,17,19,21H2,(H,23,24). The lowest BCUT2D eigenvalue weighted by Crippen LogP contribution is -1.88. The van der Waals surface area contributed by atoms with Gasteiger partial charge in [0.15, 0.2) is 0 Å². The van der Waals surface area contributed by atoms with E-state index in [0.717, 1.165) is 25.3 Å². The summed E-state index contributed by atoms with van der Waals surface area (Å²) in [6.07, 6.45) is 30.3. The summed E-state index contributed by atoms with van der Waals surface area (Å²) in [6, 6.07) is 0. The van der Waals surface area contributed by atoms with Gasteiger partial charge in [0.2, 0.25) is 0 Å². The molecule has 26 heavy (non-hydrogen) atoms. The van der Waals surface area contributed by atoms with Crippen molar-refractivity contribution in [2.24, 2.45) is 0 Å². The average molecular weight is 363 g/mol. The van der Waals surface area contributed by atoms with Crippen molar-refractivity contribution in [3.8, 4) is 0 Å². The lowest BCUT2D eigenvalue weighted by Gasteiger charge is -2.01. The molecule has 146 valence electrons. The zero-order chi connectivity index (χ0) is 19.1. The Morgan fingerprint density at radius 1 is 0.654 bits per heavy atom. The maximum Gasteiger partial charge on any atom is 0.328 e. The highest BCUT2D eigenvalue weighted by atomic mass is 17.1. The van der Waals surface area contributed by atoms with E-state index in [1.54, 1.807) is 12.2 Å². The molecule has 0 aliphatic rings. The van der Waals surface area contributed by atoms with Crippen LogP contribution >= 0.6 is 0 Å². The minimum absolute atomic E-state index is 0.461. The van der Waals surface area contributed by atoms with Crippen molar-refractivity contribution in [3.63, 3.8) is 0 Å². The highest BCUT2D eigenvalue weighted by molar-refractivity contribution is 5.80. The van der Waals surface area contributed by atoms with Gasteiger partial charge < -0.3 is 5.11 Å². The normalized spacial score (nSPS) is 12.7. The van der Waals surface area contributed by atoms with Crippen LogP contribution in [-0.2, 0) is 9.68 Å². The predicted octanol–water partition coefficient (Wildman–Crippen LogP) is 6.24. The van der Waals surface area contributed by atoms with Crippen LogP contribution < -0.4 is 0 Å². The molecule has 0 bridgehead atoms. The van der Waals surface area contributed by atoms with E-state index in [4.69, 9.17) is 10.4 Å². The second-order valence-electron chi connectivity index (χ2n) is 6.08. The maximum atomic E-state index is 10.2. The van der Waals surface area contributed by atoms with E-state index < -0.39 is 5.97 Å². The lowest BCUT2D eigenvalue weighted by molar-refractivity contribution is -0.242. The minimum Gasteiger partial charge on any atom is -0.478 e. The number of hydrogen-bond donors (Lipinski definition) is 2. The molecule has 0 saturated carbocycles. The maximum absolute atomic E-state index is 10.2. The second-order valence-corrected chi connectivity index (χ2v) is 6.08. The lowest BCUT2D eigenvalue weighted by atomic mass is 10.1. The predicted molar refractivity (Wildman–Crippen MR) is 108 cm³/mol. The van der Waals surface area contributed by atoms with Gasteiger partial charge in [-0.2, -0.15) is 0 Å². The van der Waals surface area contributed by atoms with E-state index >= 15 is 0 Å². The van der Waals surface area contributed by atoms with Crippen LogP contribution in [0, 0.1) is 0 Å². The Labute approximate surface area is 158 Å². The van der Waals surface area contributed by atoms with Crippen LogP contribution in [0.25, 0.3) is 0 Å². The molecule has 0 unspecified atom stereocenters. The van der Waals surface area contributed by atoms with Gasteiger partial charge >= 0.3 is 5.97 Å². The molecule has 0 atom stereocenters. The van der Waals surface area contributed by atoms with Crippen LogP contribution in [0.15, 0.2) is 60.8 Å². The number of unbranched alkanes of at least 4 members (excludes halogenated alkanes) is 9. The second kappa shape index (κ2) is 21.1. The summed E-state index contributed by atoms with van der Waals surface area (Å²) in [5, 5.41) is 16.6. The van der Waals surface area contributed by atoms with Crippen molar-refractivity contribution >= 4 is 5.97 Å². The monoisotopic (exact) mass is 362 g/mol. The van der Waals surface area contributed by atoms with E-state index in [1.807, 2.05) is 24.3 Å². The van der Waals surface area contributed by atoms with Crippen LogP contribution in [0.2, 0.25) is 0 Å². The Bertz CT molecular complexity index is 459. The Morgan fingerprint density at radius 2 is 1.12 bits per heavy atom. The van der Waals surface area contributed by atoms with Crippen molar-refractivity contribution in [2.75, 3.05) is 6.61 Å². The molecule has 0 aromatic carbocycles. The topological polar surface area (TPSA) is 66.8 Å². The number of carboxylic acid groups (broad SMARTS) is 1. The third-order valence-corrected chi connectivity index (χ3v) is 3.76. The summed E-state index contributed by atoms with van der Waals surface area (Å²) in [5.41, 5.74) is 0. The van der Waals surface area contributed by atoms with Crippen LogP contribution in [0.5, 0.6) is 0 Å². The van der Waals surface area contributed by atoms with Gasteiger partial charge in [-0.3, -0.25) is 5.26 Å². The molecular formula is C22H34O4. The van der Waals surface area contributed by atoms with Gasteiger partial charge in [-0.05, 0) is 19.3 Å². The number of aliphatic carboxylic acids is 1. The molecule has 0 aromatic rings. The molecule has 0 spiro atoms. The van der Waals surface area contributed by atoms with Gasteiger partial charge in [-0.1, -0.05) is 99.6 Å². The molecule has 0 radical (unpaired) electrons. The fourth-order valence-corrected chi connectivity index (χ4v) is 2.36. The SMILES string of the molecule is O=C(O)C=CC=CC=CC=CC=CCCCCCCCCCCCOO. The van der Waals surface area contributed by atoms with Crippen molar-refractivity contribution in [3.05, 3.63) is 60.8 Å². The van der Waals surface area contributed by atoms with Crippen LogP contribution in [0.1, 0.15) is 64.2 Å². The largest absolute Gasteiger partial charge is 0.478 e. The molecule has 0 heterocycles. The van der Waals surface area contributed by atoms with Gasteiger partial charge in [0, 0.05) is 6.08 Å². The summed E-state index contributed by atoms with van der Waals surface area (Å²) in [4.78, 5) is 14.3. The summed E-state index contributed by atoms with van der Waals surface area (Å²) >= 11 is 0. The summed E-state index contributed by atoms with van der Waals surface area (Å²) in [5.74, 6) is -0.940. The molecule has 0 aromatic heterocycles. The van der Waals surface area contributed by atoms with E-state index in [0.29, 0.717) is 6.61 Å². The Balaban J connectivity index is 3.38. The van der Waals surface area contributed by atoms with E-state index in [9.17, 15) is 4.79 Å². The van der Waals surface area contributed by atoms with E-state index in [2.05, 4.69) is 17.0 Å². The molecule has 0 aliphatic carbocycles. The molecule has 4 heteroatoms. The van der Waals surface area contributed by atoms with Crippen LogP contribution in [0.3, 0.4) is 0 Å². The number of carbonyl (C=O) groups is 1. The van der Waals surface area contributed by atoms with Crippen molar-refractivity contribution in [1.29, 1.82) is 0 Å². The smallest absolute Gasteiger partial charge is 0.328 e. The first-order chi connectivity index (χ1) is 12.8. The molecule has 0 fully saturated rings. The zero-order valence-corrected chi connectivity index (χ0v) is 15.8. The number of carboxylic acids is 1. The molecule has 2 N–H and O–H groups in total. The minimum atomic E-state index is -0.940. The first kappa shape index (κ1) is 24.1. The molecular weight excluding hydrogens is 328 g/mol. The number of rotatable bonds is 17. The number of hydrogen-bond acceptors (Lipinski definition) is 3. The average Bonchev–Trinajstić information content (AvgIpc) is 2.62. The fraction of sp³-hybridized carbons (Fsp3) is 0.500. The fourth-order valence-electron chi connectivity index (χ4n) is 2.36. The first-order valence-corrected chi connectivity index (χ1v) is 9.60. The van der Waals surface area contributed by atoms with Crippen molar-refractivity contribution in [1.82, 2.24) is 0 Å². The van der Waals surface area contributed by atoms with Crippen molar-refractivity contribution < 1.29 is 20.0 Å². The molecule has 0 amide bonds. The summed E-state index contributed by atoms with van der Waals surface area (Å²) in [7, 11) is 0. The first-order valence-electron chi connectivity index (χ1n) is 9.60. The molecule has 0 rings (SSSR count).